The largest absolute Gasteiger partial charge is 0.427 e. The molecule has 4 aromatic rings. The zero-order valence-corrected chi connectivity index (χ0v) is 18.1. The van der Waals surface area contributed by atoms with E-state index >= 15 is 0 Å². The lowest BCUT2D eigenvalue weighted by Gasteiger charge is -2.11. The highest BCUT2D eigenvalue weighted by atomic mass is 35.5. The number of hydrogen-bond acceptors (Lipinski definition) is 5. The van der Waals surface area contributed by atoms with Crippen molar-refractivity contribution in [2.75, 3.05) is 0 Å². The summed E-state index contributed by atoms with van der Waals surface area (Å²) in [6.07, 6.45) is 0. The Kier molecular flexibility index (Phi) is 6.02. The first-order valence-corrected chi connectivity index (χ1v) is 10.8. The minimum absolute atomic E-state index is 0.316. The number of hydrogen-bond donors (Lipinski definition) is 0. The second-order valence-corrected chi connectivity index (χ2v) is 8.31. The van der Waals surface area contributed by atoms with Crippen LogP contribution in [0.15, 0.2) is 71.6 Å². The van der Waals surface area contributed by atoms with Crippen molar-refractivity contribution < 1.29 is 9.53 Å². The van der Waals surface area contributed by atoms with E-state index in [9.17, 15) is 4.79 Å². The van der Waals surface area contributed by atoms with Crippen LogP contribution in [0.5, 0.6) is 5.75 Å². The molecule has 150 valence electrons. The average Bonchev–Trinajstić information content (AvgIpc) is 2.73. The van der Waals surface area contributed by atoms with Crippen molar-refractivity contribution in [2.45, 2.75) is 24.5 Å². The van der Waals surface area contributed by atoms with E-state index in [1.54, 1.807) is 11.8 Å². The number of fused-ring (bicyclic) bond motifs is 1. The van der Waals surface area contributed by atoms with Gasteiger partial charge in [-0.2, -0.15) is 5.10 Å². The van der Waals surface area contributed by atoms with E-state index < -0.39 is 0 Å². The van der Waals surface area contributed by atoms with Gasteiger partial charge in [0.2, 0.25) is 0 Å². The molecule has 0 saturated heterocycles. The number of ether oxygens (including phenoxy) is 1. The van der Waals surface area contributed by atoms with Gasteiger partial charge in [-0.1, -0.05) is 48.0 Å². The Balaban J connectivity index is 1.58. The molecule has 0 atom stereocenters. The summed E-state index contributed by atoms with van der Waals surface area (Å²) in [5.74, 6) is 1.05. The smallest absolute Gasteiger partial charge is 0.308 e. The molecule has 6 heteroatoms. The quantitative estimate of drug-likeness (QED) is 0.204. The van der Waals surface area contributed by atoms with Crippen molar-refractivity contribution in [3.8, 4) is 16.9 Å². The first-order chi connectivity index (χ1) is 14.5. The molecule has 0 aliphatic carbocycles. The van der Waals surface area contributed by atoms with Gasteiger partial charge in [0.05, 0.1) is 10.7 Å². The van der Waals surface area contributed by atoms with Gasteiger partial charge in [-0.3, -0.25) is 4.79 Å². The molecule has 30 heavy (non-hydrogen) atoms. The van der Waals surface area contributed by atoms with Crippen molar-refractivity contribution in [1.29, 1.82) is 0 Å². The SMILES string of the molecule is CC(=O)Oc1ccc(CSc2cccc(-c3c(C)nnc4c(Cl)cccc34)c2)cc1. The number of esters is 1. The zero-order chi connectivity index (χ0) is 21.1. The van der Waals surface area contributed by atoms with Crippen LogP contribution in [-0.4, -0.2) is 16.2 Å². The van der Waals surface area contributed by atoms with Crippen LogP contribution in [0.2, 0.25) is 5.02 Å². The minimum Gasteiger partial charge on any atom is -0.427 e. The molecule has 0 N–H and O–H groups in total. The third-order valence-corrected chi connectivity index (χ3v) is 6.00. The van der Waals surface area contributed by atoms with Crippen LogP contribution in [0, 0.1) is 6.92 Å². The molecule has 0 amide bonds. The van der Waals surface area contributed by atoms with E-state index in [2.05, 4.69) is 34.5 Å². The number of nitrogens with zero attached hydrogens (tertiary/aromatic N) is 2. The second-order valence-electron chi connectivity index (χ2n) is 6.85. The minimum atomic E-state index is -0.316. The number of rotatable bonds is 5. The molecule has 0 aliphatic heterocycles. The summed E-state index contributed by atoms with van der Waals surface area (Å²) >= 11 is 8.07. The van der Waals surface area contributed by atoms with E-state index in [4.69, 9.17) is 16.3 Å². The predicted molar refractivity (Wildman–Crippen MR) is 122 cm³/mol. The van der Waals surface area contributed by atoms with Gasteiger partial charge < -0.3 is 4.74 Å². The first kappa shape index (κ1) is 20.4. The van der Waals surface area contributed by atoms with E-state index in [-0.39, 0.29) is 5.97 Å². The number of benzene rings is 3. The van der Waals surface area contributed by atoms with Gasteiger partial charge in [-0.05, 0) is 48.4 Å². The zero-order valence-electron chi connectivity index (χ0n) is 16.6. The Morgan fingerprint density at radius 3 is 2.57 bits per heavy atom. The normalized spacial score (nSPS) is 10.9. The Bertz CT molecular complexity index is 1230. The highest BCUT2D eigenvalue weighted by Crippen LogP contribution is 2.35. The van der Waals surface area contributed by atoms with Crippen molar-refractivity contribution in [3.05, 3.63) is 83.0 Å². The Hall–Kier alpha value is -2.89. The lowest BCUT2D eigenvalue weighted by molar-refractivity contribution is -0.131. The van der Waals surface area contributed by atoms with Crippen LogP contribution in [0.4, 0.5) is 0 Å². The Morgan fingerprint density at radius 1 is 1.03 bits per heavy atom. The van der Waals surface area contributed by atoms with Crippen molar-refractivity contribution >= 4 is 40.2 Å². The molecule has 3 aromatic carbocycles. The van der Waals surface area contributed by atoms with Gasteiger partial charge in [0, 0.05) is 28.5 Å². The van der Waals surface area contributed by atoms with E-state index in [1.165, 1.54) is 6.92 Å². The van der Waals surface area contributed by atoms with Gasteiger partial charge >= 0.3 is 5.97 Å². The van der Waals surface area contributed by atoms with Crippen LogP contribution < -0.4 is 4.74 Å². The standard InChI is InChI=1S/C24H19ClN2O2S/c1-15-23(21-7-4-8-22(25)24(21)27-26-15)18-5-3-6-20(13-18)30-14-17-9-11-19(12-10-17)29-16(2)28/h3-13H,14H2,1-2H3. The molecule has 1 aromatic heterocycles. The maximum atomic E-state index is 11.0. The Morgan fingerprint density at radius 2 is 1.80 bits per heavy atom. The van der Waals surface area contributed by atoms with Gasteiger partial charge in [0.15, 0.2) is 0 Å². The van der Waals surface area contributed by atoms with Crippen molar-refractivity contribution in [1.82, 2.24) is 10.2 Å². The van der Waals surface area contributed by atoms with Crippen molar-refractivity contribution in [2.24, 2.45) is 0 Å². The summed E-state index contributed by atoms with van der Waals surface area (Å²) in [5.41, 5.74) is 4.87. The number of thioether (sulfide) groups is 1. The summed E-state index contributed by atoms with van der Waals surface area (Å²) in [6.45, 7) is 3.36. The summed E-state index contributed by atoms with van der Waals surface area (Å²) in [4.78, 5) is 12.2. The number of aromatic nitrogens is 2. The topological polar surface area (TPSA) is 52.1 Å². The average molecular weight is 435 g/mol. The molecule has 0 bridgehead atoms. The fourth-order valence-electron chi connectivity index (χ4n) is 3.28. The molecule has 4 nitrogen and oxygen atoms in total. The molecule has 0 aliphatic rings. The predicted octanol–water partition coefficient (Wildman–Crippen LogP) is 6.48. The summed E-state index contributed by atoms with van der Waals surface area (Å²) in [5, 5.41) is 10.2. The maximum absolute atomic E-state index is 11.0. The third-order valence-electron chi connectivity index (χ3n) is 4.63. The summed E-state index contributed by atoms with van der Waals surface area (Å²) in [6, 6.07) is 21.8. The summed E-state index contributed by atoms with van der Waals surface area (Å²) in [7, 11) is 0. The van der Waals surface area contributed by atoms with Crippen LogP contribution >= 0.6 is 23.4 Å². The highest BCUT2D eigenvalue weighted by Gasteiger charge is 2.12. The Labute approximate surface area is 184 Å². The molecule has 4 rings (SSSR count). The molecular weight excluding hydrogens is 416 g/mol. The van der Waals surface area contributed by atoms with Gasteiger partial charge in [0.1, 0.15) is 11.3 Å². The number of aryl methyl sites for hydroxylation is 1. The number of carbonyl (C=O) groups excluding carboxylic acids is 1. The summed E-state index contributed by atoms with van der Waals surface area (Å²) < 4.78 is 5.09. The number of carbonyl (C=O) groups is 1. The monoisotopic (exact) mass is 434 g/mol. The maximum Gasteiger partial charge on any atom is 0.308 e. The van der Waals surface area contributed by atoms with Crippen LogP contribution in [0.3, 0.4) is 0 Å². The first-order valence-electron chi connectivity index (χ1n) is 9.43. The fourth-order valence-corrected chi connectivity index (χ4v) is 4.40. The molecule has 0 fully saturated rings. The third kappa shape index (κ3) is 4.48. The van der Waals surface area contributed by atoms with Gasteiger partial charge in [-0.25, -0.2) is 0 Å². The number of halogens is 1. The molecule has 1 heterocycles. The van der Waals surface area contributed by atoms with E-state index in [0.29, 0.717) is 16.3 Å². The van der Waals surface area contributed by atoms with E-state index in [0.717, 1.165) is 38.4 Å². The lowest BCUT2D eigenvalue weighted by atomic mass is 10.00. The van der Waals surface area contributed by atoms with Crippen molar-refractivity contribution in [3.63, 3.8) is 0 Å². The van der Waals surface area contributed by atoms with Crippen LogP contribution in [-0.2, 0) is 10.5 Å². The van der Waals surface area contributed by atoms with Gasteiger partial charge in [0.25, 0.3) is 0 Å². The molecule has 0 spiro atoms. The lowest BCUT2D eigenvalue weighted by Crippen LogP contribution is -2.00. The molecule has 0 unspecified atom stereocenters. The fraction of sp³-hybridized carbons (Fsp3) is 0.125. The van der Waals surface area contributed by atoms with Crippen LogP contribution in [0.25, 0.3) is 22.0 Å². The van der Waals surface area contributed by atoms with Crippen LogP contribution in [0.1, 0.15) is 18.2 Å². The molecular formula is C24H19ClN2O2S. The second kappa shape index (κ2) is 8.86. The highest BCUT2D eigenvalue weighted by molar-refractivity contribution is 7.98. The van der Waals surface area contributed by atoms with E-state index in [1.807, 2.05) is 49.4 Å². The molecule has 0 saturated carbocycles. The van der Waals surface area contributed by atoms with Gasteiger partial charge in [-0.15, -0.1) is 16.9 Å². The molecule has 0 radical (unpaired) electrons.